The zero-order valence-electron chi connectivity index (χ0n) is 18.0. The second-order valence-electron chi connectivity index (χ2n) is 8.55. The van der Waals surface area contributed by atoms with Crippen molar-refractivity contribution in [2.45, 2.75) is 44.1 Å². The Balaban J connectivity index is 1.48. The fourth-order valence-electron chi connectivity index (χ4n) is 4.81. The van der Waals surface area contributed by atoms with Gasteiger partial charge in [-0.25, -0.2) is 8.42 Å². The van der Waals surface area contributed by atoms with Crippen molar-refractivity contribution in [1.29, 1.82) is 0 Å². The number of benzene rings is 1. The normalized spacial score (nSPS) is 20.3. The standard InChI is InChI=1S/C21H27F3N4O3S/c1-26-18-13-28(32(2,30)31)12-9-16(18)19(25-26)20(29)27-10-7-14(8-11-27)15-5-3-4-6-17(15)21(22,23)24/h3-6,14,20,29H,7-13H2,1-2H3. The summed E-state index contributed by atoms with van der Waals surface area (Å²) in [6, 6.07) is 5.70. The Morgan fingerprint density at radius 2 is 1.81 bits per heavy atom. The SMILES string of the molecule is Cn1nc(C(O)N2CCC(c3ccccc3C(F)(F)F)CC2)c2c1CN(S(C)(=O)=O)CC2. The van der Waals surface area contributed by atoms with E-state index in [4.69, 9.17) is 0 Å². The van der Waals surface area contributed by atoms with Gasteiger partial charge in [-0.15, -0.1) is 0 Å². The molecule has 3 heterocycles. The topological polar surface area (TPSA) is 78.7 Å². The molecule has 1 aromatic carbocycles. The van der Waals surface area contributed by atoms with Crippen molar-refractivity contribution in [3.05, 3.63) is 52.3 Å². The second kappa shape index (κ2) is 8.44. The molecular weight excluding hydrogens is 445 g/mol. The molecule has 1 aromatic heterocycles. The number of aliphatic hydroxyl groups is 1. The molecule has 0 bridgehead atoms. The van der Waals surface area contributed by atoms with Crippen LogP contribution in [0.4, 0.5) is 13.2 Å². The summed E-state index contributed by atoms with van der Waals surface area (Å²) in [5.41, 5.74) is 1.83. The molecule has 1 N–H and O–H groups in total. The summed E-state index contributed by atoms with van der Waals surface area (Å²) in [7, 11) is -1.60. The van der Waals surface area contributed by atoms with Gasteiger partial charge in [-0.2, -0.15) is 22.6 Å². The van der Waals surface area contributed by atoms with Crippen molar-refractivity contribution in [3.8, 4) is 0 Å². The minimum Gasteiger partial charge on any atom is -0.372 e. The van der Waals surface area contributed by atoms with Gasteiger partial charge in [0, 0.05) is 32.2 Å². The number of aliphatic hydroxyl groups excluding tert-OH is 1. The molecule has 1 atom stereocenters. The fraction of sp³-hybridized carbons (Fsp3) is 0.571. The van der Waals surface area contributed by atoms with Gasteiger partial charge in [0.15, 0.2) is 6.23 Å². The van der Waals surface area contributed by atoms with Gasteiger partial charge in [-0.3, -0.25) is 9.58 Å². The first-order valence-corrected chi connectivity index (χ1v) is 12.4. The van der Waals surface area contributed by atoms with E-state index in [0.717, 1.165) is 17.3 Å². The molecular formula is C21H27F3N4O3S. The second-order valence-corrected chi connectivity index (χ2v) is 10.5. The molecule has 2 aliphatic heterocycles. The molecule has 1 unspecified atom stereocenters. The van der Waals surface area contributed by atoms with Gasteiger partial charge in [-0.05, 0) is 36.8 Å². The van der Waals surface area contributed by atoms with E-state index in [1.807, 2.05) is 4.90 Å². The molecule has 0 spiro atoms. The minimum atomic E-state index is -4.39. The Kier molecular flexibility index (Phi) is 6.12. The average molecular weight is 473 g/mol. The predicted octanol–water partition coefficient (Wildman–Crippen LogP) is 2.63. The van der Waals surface area contributed by atoms with Gasteiger partial charge < -0.3 is 5.11 Å². The largest absolute Gasteiger partial charge is 0.416 e. The van der Waals surface area contributed by atoms with Crippen LogP contribution in [0.1, 0.15) is 53.1 Å². The maximum atomic E-state index is 13.4. The number of alkyl halides is 3. The first-order chi connectivity index (χ1) is 15.0. The summed E-state index contributed by atoms with van der Waals surface area (Å²) in [6.45, 7) is 1.42. The Labute approximate surface area is 185 Å². The first-order valence-electron chi connectivity index (χ1n) is 10.5. The molecule has 0 saturated carbocycles. The lowest BCUT2D eigenvalue weighted by molar-refractivity contribution is -0.138. The van der Waals surface area contributed by atoms with Crippen molar-refractivity contribution >= 4 is 10.0 Å². The maximum Gasteiger partial charge on any atom is 0.416 e. The van der Waals surface area contributed by atoms with E-state index in [9.17, 15) is 26.7 Å². The minimum absolute atomic E-state index is 0.209. The van der Waals surface area contributed by atoms with Crippen LogP contribution in [0.15, 0.2) is 24.3 Å². The number of aromatic nitrogens is 2. The van der Waals surface area contributed by atoms with Crippen LogP contribution in [0.5, 0.6) is 0 Å². The summed E-state index contributed by atoms with van der Waals surface area (Å²) in [5.74, 6) is -0.225. The van der Waals surface area contributed by atoms with Crippen LogP contribution >= 0.6 is 0 Å². The molecule has 0 radical (unpaired) electrons. The third kappa shape index (κ3) is 4.43. The lowest BCUT2D eigenvalue weighted by atomic mass is 9.86. The highest BCUT2D eigenvalue weighted by molar-refractivity contribution is 7.88. The van der Waals surface area contributed by atoms with Crippen LogP contribution in [0.25, 0.3) is 0 Å². The fourth-order valence-corrected chi connectivity index (χ4v) is 5.59. The highest BCUT2D eigenvalue weighted by Crippen LogP contribution is 2.40. The van der Waals surface area contributed by atoms with Gasteiger partial charge in [-0.1, -0.05) is 18.2 Å². The molecule has 0 aliphatic carbocycles. The Bertz CT molecular complexity index is 1090. The number of fused-ring (bicyclic) bond motifs is 1. The Hall–Kier alpha value is -1.95. The van der Waals surface area contributed by atoms with Gasteiger partial charge in [0.25, 0.3) is 0 Å². The number of likely N-dealkylation sites (tertiary alicyclic amines) is 1. The number of sulfonamides is 1. The monoisotopic (exact) mass is 472 g/mol. The van der Waals surface area contributed by atoms with Crippen LogP contribution in [0, 0.1) is 0 Å². The summed E-state index contributed by atoms with van der Waals surface area (Å²) >= 11 is 0. The highest BCUT2D eigenvalue weighted by atomic mass is 32.2. The first kappa shape index (κ1) is 23.2. The number of nitrogens with zero attached hydrogens (tertiary/aromatic N) is 4. The number of aryl methyl sites for hydroxylation is 1. The van der Waals surface area contributed by atoms with Crippen molar-refractivity contribution < 1.29 is 26.7 Å². The summed E-state index contributed by atoms with van der Waals surface area (Å²) in [4.78, 5) is 1.83. The maximum absolute atomic E-state index is 13.4. The molecule has 32 heavy (non-hydrogen) atoms. The van der Waals surface area contributed by atoms with E-state index in [0.29, 0.717) is 50.2 Å². The summed E-state index contributed by atoms with van der Waals surface area (Å²) in [5, 5.41) is 15.5. The summed E-state index contributed by atoms with van der Waals surface area (Å²) in [6.07, 6.45) is -2.74. The third-order valence-corrected chi connectivity index (χ3v) is 7.79. The van der Waals surface area contributed by atoms with Crippen molar-refractivity contribution in [2.75, 3.05) is 25.9 Å². The smallest absolute Gasteiger partial charge is 0.372 e. The number of hydrogen-bond donors (Lipinski definition) is 1. The Morgan fingerprint density at radius 1 is 1.16 bits per heavy atom. The van der Waals surface area contributed by atoms with Crippen LogP contribution in [-0.2, 0) is 36.2 Å². The zero-order chi connectivity index (χ0) is 23.3. The summed E-state index contributed by atoms with van der Waals surface area (Å²) < 4.78 is 67.0. The third-order valence-electron chi connectivity index (χ3n) is 6.54. The van der Waals surface area contributed by atoms with Crippen LogP contribution < -0.4 is 0 Å². The molecule has 176 valence electrons. The van der Waals surface area contributed by atoms with E-state index in [1.54, 1.807) is 23.9 Å². The van der Waals surface area contributed by atoms with E-state index in [2.05, 4.69) is 5.10 Å². The number of hydrogen-bond acceptors (Lipinski definition) is 5. The quantitative estimate of drug-likeness (QED) is 0.740. The molecule has 0 amide bonds. The zero-order valence-corrected chi connectivity index (χ0v) is 18.8. The average Bonchev–Trinajstić information content (AvgIpc) is 3.08. The molecule has 2 aromatic rings. The lowest BCUT2D eigenvalue weighted by Crippen LogP contribution is -2.38. The molecule has 2 aliphatic rings. The number of rotatable bonds is 4. The molecule has 11 heteroatoms. The van der Waals surface area contributed by atoms with Gasteiger partial charge in [0.05, 0.1) is 24.1 Å². The lowest BCUT2D eigenvalue weighted by Gasteiger charge is -2.36. The molecule has 4 rings (SSSR count). The number of piperidine rings is 1. The van der Waals surface area contributed by atoms with Crippen molar-refractivity contribution in [3.63, 3.8) is 0 Å². The van der Waals surface area contributed by atoms with Gasteiger partial charge in [0.2, 0.25) is 10.0 Å². The van der Waals surface area contributed by atoms with E-state index >= 15 is 0 Å². The number of halogens is 3. The predicted molar refractivity (Wildman–Crippen MR) is 112 cm³/mol. The van der Waals surface area contributed by atoms with Crippen molar-refractivity contribution in [1.82, 2.24) is 19.0 Å². The van der Waals surface area contributed by atoms with Gasteiger partial charge >= 0.3 is 6.18 Å². The van der Waals surface area contributed by atoms with E-state index in [1.165, 1.54) is 16.6 Å². The van der Waals surface area contributed by atoms with E-state index < -0.39 is 28.0 Å². The Morgan fingerprint density at radius 3 is 2.44 bits per heavy atom. The van der Waals surface area contributed by atoms with Crippen molar-refractivity contribution in [2.24, 2.45) is 7.05 Å². The van der Waals surface area contributed by atoms with Crippen LogP contribution in [-0.4, -0.2) is 58.4 Å². The molecule has 7 nitrogen and oxygen atoms in total. The van der Waals surface area contributed by atoms with Gasteiger partial charge in [0.1, 0.15) is 5.69 Å². The van der Waals surface area contributed by atoms with Crippen LogP contribution in [0.2, 0.25) is 0 Å². The highest BCUT2D eigenvalue weighted by Gasteiger charge is 2.37. The molecule has 1 fully saturated rings. The molecule has 1 saturated heterocycles. The van der Waals surface area contributed by atoms with E-state index in [-0.39, 0.29) is 12.5 Å². The van der Waals surface area contributed by atoms with Crippen LogP contribution in [0.3, 0.4) is 0 Å².